The molecule has 1 aromatic carbocycles. The Morgan fingerprint density at radius 3 is 2.68 bits per heavy atom. The molecule has 104 valence electrons. The molecule has 0 bridgehead atoms. The van der Waals surface area contributed by atoms with E-state index in [1.807, 2.05) is 31.2 Å². The number of aryl methyl sites for hydroxylation is 1. The van der Waals surface area contributed by atoms with Gasteiger partial charge in [-0.3, -0.25) is 9.69 Å². The van der Waals surface area contributed by atoms with Crippen LogP contribution in [0.1, 0.15) is 36.2 Å². The first-order valence-electron chi connectivity index (χ1n) is 7.02. The quantitative estimate of drug-likeness (QED) is 0.780. The molecule has 2 unspecified atom stereocenters. The van der Waals surface area contributed by atoms with Gasteiger partial charge in [0.1, 0.15) is 0 Å². The molecule has 0 N–H and O–H groups in total. The Kier molecular flexibility index (Phi) is 4.72. The highest BCUT2D eigenvalue weighted by Gasteiger charge is 2.23. The van der Waals surface area contributed by atoms with Gasteiger partial charge in [0, 0.05) is 31.1 Å². The van der Waals surface area contributed by atoms with Crippen LogP contribution in [0.2, 0.25) is 0 Å². The topological polar surface area (TPSA) is 29.5 Å². The van der Waals surface area contributed by atoms with E-state index in [-0.39, 0.29) is 11.9 Å². The minimum Gasteiger partial charge on any atom is -0.376 e. The molecule has 1 aliphatic heterocycles. The van der Waals surface area contributed by atoms with E-state index in [9.17, 15) is 4.79 Å². The van der Waals surface area contributed by atoms with E-state index < -0.39 is 0 Å². The van der Waals surface area contributed by atoms with Crippen molar-refractivity contribution in [1.29, 1.82) is 0 Å². The first-order chi connectivity index (χ1) is 9.06. The smallest absolute Gasteiger partial charge is 0.164 e. The Labute approximate surface area is 115 Å². The van der Waals surface area contributed by atoms with Crippen molar-refractivity contribution in [1.82, 2.24) is 4.90 Å². The van der Waals surface area contributed by atoms with Crippen LogP contribution >= 0.6 is 0 Å². The molecule has 3 heteroatoms. The molecule has 2 atom stereocenters. The van der Waals surface area contributed by atoms with Gasteiger partial charge in [0.05, 0.1) is 12.7 Å². The van der Waals surface area contributed by atoms with Crippen LogP contribution in [-0.2, 0) is 4.74 Å². The summed E-state index contributed by atoms with van der Waals surface area (Å²) in [7, 11) is 0. The van der Waals surface area contributed by atoms with Crippen molar-refractivity contribution in [3.05, 3.63) is 35.4 Å². The van der Waals surface area contributed by atoms with Crippen molar-refractivity contribution in [2.75, 3.05) is 19.7 Å². The number of benzene rings is 1. The van der Waals surface area contributed by atoms with E-state index in [0.717, 1.165) is 25.3 Å². The molecule has 1 heterocycles. The van der Waals surface area contributed by atoms with Crippen LogP contribution in [0, 0.1) is 6.92 Å². The third kappa shape index (κ3) is 3.88. The molecule has 0 spiro atoms. The molecule has 0 aromatic heterocycles. The van der Waals surface area contributed by atoms with E-state index in [2.05, 4.69) is 18.7 Å². The van der Waals surface area contributed by atoms with Crippen LogP contribution in [0.3, 0.4) is 0 Å². The van der Waals surface area contributed by atoms with Gasteiger partial charge in [-0.1, -0.05) is 29.8 Å². The van der Waals surface area contributed by atoms with Gasteiger partial charge in [-0.05, 0) is 20.8 Å². The van der Waals surface area contributed by atoms with Crippen LogP contribution in [0.15, 0.2) is 24.3 Å². The second-order valence-electron chi connectivity index (χ2n) is 5.53. The Morgan fingerprint density at radius 2 is 2.00 bits per heavy atom. The molecule has 1 fully saturated rings. The van der Waals surface area contributed by atoms with Gasteiger partial charge in [-0.2, -0.15) is 0 Å². The zero-order valence-electron chi connectivity index (χ0n) is 12.1. The van der Waals surface area contributed by atoms with Gasteiger partial charge < -0.3 is 4.74 Å². The fraction of sp³-hybridized carbons (Fsp3) is 0.562. The first kappa shape index (κ1) is 14.2. The SMILES string of the molecule is Cc1ccc(C(=O)CCN2CC(C)OCC2C)cc1. The summed E-state index contributed by atoms with van der Waals surface area (Å²) in [6, 6.07) is 8.23. The molecule has 2 rings (SSSR count). The summed E-state index contributed by atoms with van der Waals surface area (Å²) in [5.41, 5.74) is 2.01. The van der Waals surface area contributed by atoms with Crippen LogP contribution in [0.5, 0.6) is 0 Å². The molecule has 1 saturated heterocycles. The highest BCUT2D eigenvalue weighted by atomic mass is 16.5. The zero-order chi connectivity index (χ0) is 13.8. The van der Waals surface area contributed by atoms with Crippen LogP contribution in [-0.4, -0.2) is 42.5 Å². The van der Waals surface area contributed by atoms with Crippen molar-refractivity contribution in [3.8, 4) is 0 Å². The number of Topliss-reactive ketones (excluding diaryl/α,β-unsaturated/α-hetero) is 1. The second kappa shape index (κ2) is 6.31. The maximum Gasteiger partial charge on any atom is 0.164 e. The number of hydrogen-bond donors (Lipinski definition) is 0. The third-order valence-corrected chi connectivity index (χ3v) is 3.74. The number of ketones is 1. The number of carbonyl (C=O) groups is 1. The van der Waals surface area contributed by atoms with E-state index in [1.54, 1.807) is 0 Å². The molecular weight excluding hydrogens is 238 g/mol. The number of ether oxygens (including phenoxy) is 1. The Balaban J connectivity index is 1.87. The van der Waals surface area contributed by atoms with Crippen LogP contribution in [0.25, 0.3) is 0 Å². The van der Waals surface area contributed by atoms with E-state index in [4.69, 9.17) is 4.74 Å². The van der Waals surface area contributed by atoms with Crippen molar-refractivity contribution in [2.24, 2.45) is 0 Å². The standard InChI is InChI=1S/C16H23NO2/c1-12-4-6-15(7-5-12)16(18)8-9-17-10-14(3)19-11-13(17)2/h4-7,13-14H,8-11H2,1-3H3. The van der Waals surface area contributed by atoms with Gasteiger partial charge in [0.2, 0.25) is 0 Å². The maximum absolute atomic E-state index is 12.1. The lowest BCUT2D eigenvalue weighted by Crippen LogP contribution is -2.47. The summed E-state index contributed by atoms with van der Waals surface area (Å²) in [4.78, 5) is 14.5. The Hall–Kier alpha value is -1.19. The summed E-state index contributed by atoms with van der Waals surface area (Å²) in [6.45, 7) is 8.78. The van der Waals surface area contributed by atoms with Crippen LogP contribution < -0.4 is 0 Å². The fourth-order valence-electron chi connectivity index (χ4n) is 2.41. The molecular formula is C16H23NO2. The minimum atomic E-state index is 0.228. The normalized spacial score (nSPS) is 24.4. The van der Waals surface area contributed by atoms with Gasteiger partial charge >= 0.3 is 0 Å². The Bertz CT molecular complexity index is 427. The number of hydrogen-bond acceptors (Lipinski definition) is 3. The molecule has 1 aromatic rings. The lowest BCUT2D eigenvalue weighted by Gasteiger charge is -2.36. The van der Waals surface area contributed by atoms with E-state index in [0.29, 0.717) is 12.5 Å². The largest absolute Gasteiger partial charge is 0.376 e. The summed E-state index contributed by atoms with van der Waals surface area (Å²) in [5.74, 6) is 0.228. The number of morpholine rings is 1. The molecule has 19 heavy (non-hydrogen) atoms. The molecule has 0 saturated carbocycles. The molecule has 0 amide bonds. The molecule has 1 aliphatic rings. The first-order valence-corrected chi connectivity index (χ1v) is 7.02. The van der Waals surface area contributed by atoms with Crippen molar-refractivity contribution >= 4 is 5.78 Å². The summed E-state index contributed by atoms with van der Waals surface area (Å²) < 4.78 is 5.60. The van der Waals surface area contributed by atoms with E-state index in [1.165, 1.54) is 5.56 Å². The van der Waals surface area contributed by atoms with Crippen LogP contribution in [0.4, 0.5) is 0 Å². The average Bonchev–Trinajstić information content (AvgIpc) is 2.40. The van der Waals surface area contributed by atoms with Crippen molar-refractivity contribution in [3.63, 3.8) is 0 Å². The average molecular weight is 261 g/mol. The van der Waals surface area contributed by atoms with Gasteiger partial charge in [-0.15, -0.1) is 0 Å². The lowest BCUT2D eigenvalue weighted by atomic mass is 10.1. The Morgan fingerprint density at radius 1 is 1.32 bits per heavy atom. The fourth-order valence-corrected chi connectivity index (χ4v) is 2.41. The highest BCUT2D eigenvalue weighted by molar-refractivity contribution is 5.96. The monoisotopic (exact) mass is 261 g/mol. The summed E-state index contributed by atoms with van der Waals surface area (Å²) in [6.07, 6.45) is 0.853. The molecule has 0 radical (unpaired) electrons. The predicted octanol–water partition coefficient (Wildman–Crippen LogP) is 2.68. The van der Waals surface area contributed by atoms with Crippen molar-refractivity contribution in [2.45, 2.75) is 39.3 Å². The second-order valence-corrected chi connectivity index (χ2v) is 5.53. The number of carbonyl (C=O) groups excluding carboxylic acids is 1. The highest BCUT2D eigenvalue weighted by Crippen LogP contribution is 2.13. The zero-order valence-corrected chi connectivity index (χ0v) is 12.1. The predicted molar refractivity (Wildman–Crippen MR) is 76.6 cm³/mol. The van der Waals surface area contributed by atoms with Gasteiger partial charge in [0.15, 0.2) is 5.78 Å². The number of rotatable bonds is 4. The van der Waals surface area contributed by atoms with E-state index >= 15 is 0 Å². The number of nitrogens with zero attached hydrogens (tertiary/aromatic N) is 1. The lowest BCUT2D eigenvalue weighted by molar-refractivity contribution is -0.0488. The third-order valence-electron chi connectivity index (χ3n) is 3.74. The summed E-state index contributed by atoms with van der Waals surface area (Å²) >= 11 is 0. The molecule has 0 aliphatic carbocycles. The summed E-state index contributed by atoms with van der Waals surface area (Å²) in [5, 5.41) is 0. The molecule has 3 nitrogen and oxygen atoms in total. The maximum atomic E-state index is 12.1. The van der Waals surface area contributed by atoms with Crippen molar-refractivity contribution < 1.29 is 9.53 Å². The van der Waals surface area contributed by atoms with Gasteiger partial charge in [0.25, 0.3) is 0 Å². The minimum absolute atomic E-state index is 0.228. The van der Waals surface area contributed by atoms with Gasteiger partial charge in [-0.25, -0.2) is 0 Å².